The lowest BCUT2D eigenvalue weighted by atomic mass is 9.57. The Hall–Kier alpha value is -1.11. The molecule has 2 aliphatic rings. The summed E-state index contributed by atoms with van der Waals surface area (Å²) in [6.07, 6.45) is 2.22. The smallest absolute Gasteiger partial charge is 0.339 e. The first-order chi connectivity index (χ1) is 11.0. The topological polar surface area (TPSA) is 48.0 Å². The van der Waals surface area contributed by atoms with Gasteiger partial charge in [-0.15, -0.1) is 0 Å². The van der Waals surface area contributed by atoms with Gasteiger partial charge in [-0.25, -0.2) is 4.79 Å². The maximum Gasteiger partial charge on any atom is 0.339 e. The largest absolute Gasteiger partial charge is 0.465 e. The van der Waals surface area contributed by atoms with Crippen LogP contribution in [0.4, 0.5) is 5.69 Å². The number of rotatable bonds is 5. The summed E-state index contributed by atoms with van der Waals surface area (Å²) in [5, 5.41) is 0. The Labute approximate surface area is 145 Å². The average Bonchev–Trinajstić information content (AvgIpc) is 2.47. The van der Waals surface area contributed by atoms with Gasteiger partial charge in [0.2, 0.25) is 0 Å². The van der Waals surface area contributed by atoms with Crippen LogP contribution < -0.4 is 4.90 Å². The first-order valence-electron chi connectivity index (χ1n) is 7.70. The van der Waals surface area contributed by atoms with E-state index in [4.69, 9.17) is 14.2 Å². The van der Waals surface area contributed by atoms with Crippen LogP contribution in [0.2, 0.25) is 0 Å². The van der Waals surface area contributed by atoms with E-state index in [1.807, 2.05) is 18.2 Å². The molecule has 0 unspecified atom stereocenters. The molecule has 1 saturated carbocycles. The van der Waals surface area contributed by atoms with E-state index in [0.717, 1.165) is 36.1 Å². The highest BCUT2D eigenvalue weighted by atomic mass is 79.9. The number of ether oxygens (including phenoxy) is 3. The molecular weight excluding hydrogens is 362 g/mol. The van der Waals surface area contributed by atoms with Crippen LogP contribution in [0.15, 0.2) is 22.7 Å². The number of hydrogen-bond donors (Lipinski definition) is 0. The number of carbonyl (C=O) groups excluding carboxylic acids is 1. The van der Waals surface area contributed by atoms with Gasteiger partial charge in [0, 0.05) is 48.8 Å². The number of benzene rings is 1. The number of nitrogens with zero attached hydrogens (tertiary/aromatic N) is 1. The lowest BCUT2D eigenvalue weighted by Gasteiger charge is -2.60. The Morgan fingerprint density at radius 2 is 1.91 bits per heavy atom. The van der Waals surface area contributed by atoms with Gasteiger partial charge >= 0.3 is 5.97 Å². The van der Waals surface area contributed by atoms with E-state index >= 15 is 0 Å². The lowest BCUT2D eigenvalue weighted by Crippen LogP contribution is -2.64. The maximum absolute atomic E-state index is 11.6. The highest BCUT2D eigenvalue weighted by molar-refractivity contribution is 9.10. The molecule has 1 spiro atoms. The molecule has 1 aromatic rings. The van der Waals surface area contributed by atoms with Crippen LogP contribution in [-0.2, 0) is 14.2 Å². The van der Waals surface area contributed by atoms with Crippen molar-refractivity contribution in [3.63, 3.8) is 0 Å². The molecule has 0 N–H and O–H groups in total. The quantitative estimate of drug-likeness (QED) is 0.577. The van der Waals surface area contributed by atoms with Gasteiger partial charge in [0.15, 0.2) is 6.29 Å². The normalized spacial score (nSPS) is 19.6. The molecule has 1 heterocycles. The number of methoxy groups -OCH3 is 3. The molecule has 0 atom stereocenters. The minimum atomic E-state index is -0.324. The van der Waals surface area contributed by atoms with Gasteiger partial charge in [-0.3, -0.25) is 0 Å². The van der Waals surface area contributed by atoms with Gasteiger partial charge in [0.1, 0.15) is 0 Å². The Bertz CT molecular complexity index is 588. The van der Waals surface area contributed by atoms with E-state index in [1.165, 1.54) is 7.11 Å². The first-order valence-corrected chi connectivity index (χ1v) is 8.49. The summed E-state index contributed by atoms with van der Waals surface area (Å²) in [5.74, 6) is 0.177. The summed E-state index contributed by atoms with van der Waals surface area (Å²) in [7, 11) is 4.79. The van der Waals surface area contributed by atoms with Crippen LogP contribution in [0.5, 0.6) is 0 Å². The van der Waals surface area contributed by atoms with E-state index in [2.05, 4.69) is 20.8 Å². The van der Waals surface area contributed by atoms with Gasteiger partial charge in [0.25, 0.3) is 0 Å². The fourth-order valence-electron chi connectivity index (χ4n) is 3.91. The highest BCUT2D eigenvalue weighted by Crippen LogP contribution is 2.54. The number of anilines is 1. The molecule has 23 heavy (non-hydrogen) atoms. The summed E-state index contributed by atoms with van der Waals surface area (Å²) in [6, 6.07) is 5.78. The second kappa shape index (κ2) is 6.42. The third kappa shape index (κ3) is 2.99. The predicted octanol–water partition coefficient (Wildman–Crippen LogP) is 3.07. The van der Waals surface area contributed by atoms with Gasteiger partial charge in [-0.2, -0.15) is 0 Å². The van der Waals surface area contributed by atoms with Crippen molar-refractivity contribution in [2.45, 2.75) is 19.1 Å². The zero-order valence-electron chi connectivity index (χ0n) is 13.7. The van der Waals surface area contributed by atoms with Crippen molar-refractivity contribution in [1.29, 1.82) is 0 Å². The third-order valence-electron chi connectivity index (χ3n) is 5.02. The minimum Gasteiger partial charge on any atom is -0.465 e. The van der Waals surface area contributed by atoms with E-state index in [-0.39, 0.29) is 12.3 Å². The van der Waals surface area contributed by atoms with Crippen molar-refractivity contribution < 1.29 is 19.0 Å². The molecule has 6 heteroatoms. The Morgan fingerprint density at radius 3 is 2.43 bits per heavy atom. The van der Waals surface area contributed by atoms with Crippen LogP contribution in [-0.4, -0.2) is 46.7 Å². The van der Waals surface area contributed by atoms with E-state index < -0.39 is 0 Å². The Balaban J connectivity index is 1.58. The van der Waals surface area contributed by atoms with Crippen molar-refractivity contribution in [3.8, 4) is 0 Å². The second-order valence-corrected chi connectivity index (χ2v) is 7.37. The zero-order chi connectivity index (χ0) is 16.6. The first kappa shape index (κ1) is 16.7. The summed E-state index contributed by atoms with van der Waals surface area (Å²) in [4.78, 5) is 14.0. The summed E-state index contributed by atoms with van der Waals surface area (Å²) >= 11 is 3.46. The predicted molar refractivity (Wildman–Crippen MR) is 90.7 cm³/mol. The summed E-state index contributed by atoms with van der Waals surface area (Å²) < 4.78 is 16.2. The SMILES string of the molecule is COC(=O)c1ccc(N2CC3(CC(C(OC)OC)C3)C2)cc1Br. The number of hydrogen-bond acceptors (Lipinski definition) is 5. The third-order valence-corrected chi connectivity index (χ3v) is 5.67. The molecular formula is C17H22BrNO4. The van der Waals surface area contributed by atoms with E-state index in [1.54, 1.807) is 14.2 Å². The van der Waals surface area contributed by atoms with E-state index in [0.29, 0.717) is 16.9 Å². The minimum absolute atomic E-state index is 0.0804. The fraction of sp³-hybridized carbons (Fsp3) is 0.588. The van der Waals surface area contributed by atoms with Gasteiger partial charge in [-0.1, -0.05) is 0 Å². The molecule has 0 radical (unpaired) electrons. The molecule has 0 bridgehead atoms. The van der Waals surface area contributed by atoms with Crippen molar-refractivity contribution >= 4 is 27.6 Å². The van der Waals surface area contributed by atoms with Gasteiger partial charge in [0.05, 0.1) is 12.7 Å². The maximum atomic E-state index is 11.6. The van der Waals surface area contributed by atoms with Gasteiger partial charge in [-0.05, 0) is 47.0 Å². The molecule has 5 nitrogen and oxygen atoms in total. The van der Waals surface area contributed by atoms with Crippen LogP contribution in [0.1, 0.15) is 23.2 Å². The molecule has 3 rings (SSSR count). The monoisotopic (exact) mass is 383 g/mol. The average molecular weight is 384 g/mol. The Morgan fingerprint density at radius 1 is 1.26 bits per heavy atom. The fourth-order valence-corrected chi connectivity index (χ4v) is 4.44. The van der Waals surface area contributed by atoms with Crippen molar-refractivity contribution in [1.82, 2.24) is 0 Å². The second-order valence-electron chi connectivity index (χ2n) is 6.52. The molecule has 0 aromatic heterocycles. The molecule has 0 amide bonds. The zero-order valence-corrected chi connectivity index (χ0v) is 15.3. The lowest BCUT2D eigenvalue weighted by molar-refractivity contribution is -0.184. The summed E-state index contributed by atoms with van der Waals surface area (Å²) in [5.41, 5.74) is 2.10. The summed E-state index contributed by atoms with van der Waals surface area (Å²) in [6.45, 7) is 2.10. The molecule has 1 aliphatic heterocycles. The standard InChI is InChI=1S/C17H22BrNO4/c1-21-15(20)13-5-4-12(6-14(13)18)19-9-17(10-19)7-11(8-17)16(22-2)23-3/h4-6,11,16H,7-10H2,1-3H3. The molecule has 1 aliphatic carbocycles. The number of halogens is 1. The molecule has 1 saturated heterocycles. The van der Waals surface area contributed by atoms with Crippen molar-refractivity contribution in [2.24, 2.45) is 11.3 Å². The van der Waals surface area contributed by atoms with Gasteiger partial charge < -0.3 is 19.1 Å². The number of esters is 1. The number of carbonyl (C=O) groups is 1. The van der Waals surface area contributed by atoms with E-state index in [9.17, 15) is 4.79 Å². The molecule has 2 fully saturated rings. The molecule has 126 valence electrons. The van der Waals surface area contributed by atoms with Crippen LogP contribution in [0, 0.1) is 11.3 Å². The van der Waals surface area contributed by atoms with Crippen LogP contribution in [0.3, 0.4) is 0 Å². The van der Waals surface area contributed by atoms with Crippen LogP contribution in [0.25, 0.3) is 0 Å². The van der Waals surface area contributed by atoms with Crippen molar-refractivity contribution in [2.75, 3.05) is 39.3 Å². The Kier molecular flexibility index (Phi) is 4.67. The van der Waals surface area contributed by atoms with Crippen LogP contribution >= 0.6 is 15.9 Å². The highest BCUT2D eigenvalue weighted by Gasteiger charge is 2.54. The molecule has 1 aromatic carbocycles. The van der Waals surface area contributed by atoms with Crippen molar-refractivity contribution in [3.05, 3.63) is 28.2 Å².